The minimum absolute atomic E-state index is 0. The standard InChI is InChI=1S/C12H10O2S.Zn/c13-9-5-1-3-7-11(9)15-12-8-4-2-6-10(12)14;/h1-8,13-14H;/q;+2/p-2. The Morgan fingerprint density at radius 3 is 1.44 bits per heavy atom. The Bertz CT molecular complexity index is 431. The average molecular weight is 282 g/mol. The molecule has 0 aliphatic rings. The molecule has 2 nitrogen and oxygen atoms in total. The van der Waals surface area contributed by atoms with E-state index in [4.69, 9.17) is 0 Å². The third kappa shape index (κ3) is 3.00. The molecule has 0 spiro atoms. The van der Waals surface area contributed by atoms with E-state index in [1.165, 1.54) is 23.9 Å². The molecule has 0 fully saturated rings. The summed E-state index contributed by atoms with van der Waals surface area (Å²) in [6, 6.07) is 13.4. The zero-order valence-corrected chi connectivity index (χ0v) is 12.3. The minimum atomic E-state index is -0.0502. The Hall–Kier alpha value is -0.987. The smallest absolute Gasteiger partial charge is 0.872 e. The van der Waals surface area contributed by atoms with Gasteiger partial charge in [0.2, 0.25) is 0 Å². The third-order valence-electron chi connectivity index (χ3n) is 1.92. The van der Waals surface area contributed by atoms with Gasteiger partial charge in [0.25, 0.3) is 0 Å². The van der Waals surface area contributed by atoms with E-state index in [-0.39, 0.29) is 31.0 Å². The van der Waals surface area contributed by atoms with Gasteiger partial charge in [-0.25, -0.2) is 0 Å². The van der Waals surface area contributed by atoms with E-state index in [1.54, 1.807) is 36.4 Å². The SMILES string of the molecule is [O-]c1ccccc1Sc1ccccc1[O-].[Zn+2]. The minimum Gasteiger partial charge on any atom is -0.872 e. The molecule has 0 bridgehead atoms. The molecule has 0 saturated carbocycles. The van der Waals surface area contributed by atoms with Crippen LogP contribution in [0.25, 0.3) is 0 Å². The molecule has 16 heavy (non-hydrogen) atoms. The van der Waals surface area contributed by atoms with Crippen LogP contribution in [0.3, 0.4) is 0 Å². The molecule has 0 aliphatic carbocycles. The van der Waals surface area contributed by atoms with E-state index in [9.17, 15) is 10.2 Å². The molecule has 0 amide bonds. The average Bonchev–Trinajstić information content (AvgIpc) is 2.24. The van der Waals surface area contributed by atoms with Crippen LogP contribution in [0, 0.1) is 0 Å². The summed E-state index contributed by atoms with van der Waals surface area (Å²) in [5.74, 6) is -0.100. The van der Waals surface area contributed by atoms with E-state index in [0.717, 1.165) is 0 Å². The predicted molar refractivity (Wildman–Crippen MR) is 55.9 cm³/mol. The Kier molecular flexibility index (Phi) is 4.84. The van der Waals surface area contributed by atoms with Crippen molar-refractivity contribution in [3.05, 3.63) is 48.5 Å². The monoisotopic (exact) mass is 280 g/mol. The number of rotatable bonds is 2. The van der Waals surface area contributed by atoms with Crippen molar-refractivity contribution in [3.63, 3.8) is 0 Å². The maximum Gasteiger partial charge on any atom is 2.00 e. The van der Waals surface area contributed by atoms with Crippen molar-refractivity contribution >= 4 is 11.8 Å². The first kappa shape index (κ1) is 13.1. The van der Waals surface area contributed by atoms with Gasteiger partial charge in [-0.1, -0.05) is 59.7 Å². The molecular formula is C12H8O2SZn. The van der Waals surface area contributed by atoms with E-state index in [1.807, 2.05) is 0 Å². The number of hydrogen-bond acceptors (Lipinski definition) is 3. The van der Waals surface area contributed by atoms with E-state index in [2.05, 4.69) is 0 Å². The summed E-state index contributed by atoms with van der Waals surface area (Å²) in [6.45, 7) is 0. The van der Waals surface area contributed by atoms with Crippen LogP contribution < -0.4 is 10.2 Å². The second-order valence-corrected chi connectivity index (χ2v) is 4.08. The van der Waals surface area contributed by atoms with Crippen molar-refractivity contribution in [1.82, 2.24) is 0 Å². The van der Waals surface area contributed by atoms with E-state index in [0.29, 0.717) is 9.79 Å². The zero-order valence-electron chi connectivity index (χ0n) is 8.55. The first-order valence-corrected chi connectivity index (χ1v) is 5.29. The number of para-hydroxylation sites is 2. The Morgan fingerprint density at radius 2 is 1.06 bits per heavy atom. The van der Waals surface area contributed by atoms with Crippen molar-refractivity contribution in [2.45, 2.75) is 9.79 Å². The fourth-order valence-corrected chi connectivity index (χ4v) is 2.05. The molecule has 2 aromatic rings. The van der Waals surface area contributed by atoms with Gasteiger partial charge in [-0.2, -0.15) is 0 Å². The second kappa shape index (κ2) is 5.92. The summed E-state index contributed by atoms with van der Waals surface area (Å²) >= 11 is 1.22. The summed E-state index contributed by atoms with van der Waals surface area (Å²) in [5, 5.41) is 22.8. The van der Waals surface area contributed by atoms with Gasteiger partial charge in [0.1, 0.15) is 0 Å². The molecule has 0 unspecified atom stereocenters. The molecule has 0 heterocycles. The van der Waals surface area contributed by atoms with Crippen LogP contribution in [-0.4, -0.2) is 0 Å². The van der Waals surface area contributed by atoms with Crippen LogP contribution in [0.15, 0.2) is 58.3 Å². The molecule has 0 saturated heterocycles. The molecule has 0 atom stereocenters. The molecule has 76 valence electrons. The summed E-state index contributed by atoms with van der Waals surface area (Å²) in [6.07, 6.45) is 0. The molecule has 2 rings (SSSR count). The van der Waals surface area contributed by atoms with E-state index >= 15 is 0 Å². The summed E-state index contributed by atoms with van der Waals surface area (Å²) in [4.78, 5) is 1.17. The van der Waals surface area contributed by atoms with Gasteiger partial charge in [0.05, 0.1) is 0 Å². The van der Waals surface area contributed by atoms with Crippen LogP contribution in [-0.2, 0) is 19.5 Å². The van der Waals surface area contributed by atoms with Crippen molar-refractivity contribution in [1.29, 1.82) is 0 Å². The molecule has 0 aromatic heterocycles. The van der Waals surface area contributed by atoms with Gasteiger partial charge in [0.15, 0.2) is 0 Å². The molecule has 4 heteroatoms. The Labute approximate surface area is 111 Å². The molecule has 0 N–H and O–H groups in total. The molecular weight excluding hydrogens is 274 g/mol. The van der Waals surface area contributed by atoms with Crippen LogP contribution in [0.4, 0.5) is 0 Å². The first-order valence-electron chi connectivity index (χ1n) is 4.47. The van der Waals surface area contributed by atoms with Crippen molar-refractivity contribution < 1.29 is 29.7 Å². The first-order chi connectivity index (χ1) is 7.27. The predicted octanol–water partition coefficient (Wildman–Crippen LogP) is 1.98. The fourth-order valence-electron chi connectivity index (χ4n) is 1.19. The van der Waals surface area contributed by atoms with Crippen molar-refractivity contribution in [3.8, 4) is 11.5 Å². The van der Waals surface area contributed by atoms with Gasteiger partial charge in [0, 0.05) is 9.79 Å². The van der Waals surface area contributed by atoms with Gasteiger partial charge in [-0.15, -0.1) is 0 Å². The van der Waals surface area contributed by atoms with Gasteiger partial charge in [-0.05, 0) is 12.1 Å². The maximum atomic E-state index is 11.4. The molecule has 2 aromatic carbocycles. The van der Waals surface area contributed by atoms with E-state index < -0.39 is 0 Å². The number of benzene rings is 2. The van der Waals surface area contributed by atoms with Crippen LogP contribution in [0.1, 0.15) is 0 Å². The van der Waals surface area contributed by atoms with Crippen LogP contribution in [0.2, 0.25) is 0 Å². The van der Waals surface area contributed by atoms with Crippen molar-refractivity contribution in [2.24, 2.45) is 0 Å². The third-order valence-corrected chi connectivity index (χ3v) is 3.03. The van der Waals surface area contributed by atoms with Gasteiger partial charge >= 0.3 is 19.5 Å². The second-order valence-electron chi connectivity index (χ2n) is 3.00. The maximum absolute atomic E-state index is 11.4. The topological polar surface area (TPSA) is 46.1 Å². The largest absolute Gasteiger partial charge is 2.00 e. The molecule has 0 radical (unpaired) electrons. The van der Waals surface area contributed by atoms with Crippen molar-refractivity contribution in [2.75, 3.05) is 0 Å². The van der Waals surface area contributed by atoms with Gasteiger partial charge < -0.3 is 10.2 Å². The summed E-state index contributed by atoms with van der Waals surface area (Å²) in [7, 11) is 0. The van der Waals surface area contributed by atoms with Gasteiger partial charge in [-0.3, -0.25) is 0 Å². The zero-order chi connectivity index (χ0) is 10.7. The quantitative estimate of drug-likeness (QED) is 0.791. The molecule has 0 aliphatic heterocycles. The normalized spacial score (nSPS) is 9.50. The fraction of sp³-hybridized carbons (Fsp3) is 0. The summed E-state index contributed by atoms with van der Waals surface area (Å²) < 4.78 is 0. The van der Waals surface area contributed by atoms with Crippen LogP contribution in [0.5, 0.6) is 11.5 Å². The number of hydrogen-bond donors (Lipinski definition) is 0. The Morgan fingerprint density at radius 1 is 0.688 bits per heavy atom. The summed E-state index contributed by atoms with van der Waals surface area (Å²) in [5.41, 5.74) is 0. The Balaban J connectivity index is 0.00000128. The van der Waals surface area contributed by atoms with Crippen LogP contribution >= 0.6 is 11.8 Å².